The van der Waals surface area contributed by atoms with E-state index < -0.39 is 6.10 Å². The van der Waals surface area contributed by atoms with E-state index in [1.54, 1.807) is 6.20 Å². The van der Waals surface area contributed by atoms with Crippen molar-refractivity contribution in [3.63, 3.8) is 0 Å². The Bertz CT molecular complexity index is 1000. The zero-order valence-electron chi connectivity index (χ0n) is 13.6. The Balaban J connectivity index is 1.95. The van der Waals surface area contributed by atoms with E-state index in [9.17, 15) is 15.0 Å². The second-order valence-electron chi connectivity index (χ2n) is 6.07. The molecule has 25 heavy (non-hydrogen) atoms. The summed E-state index contributed by atoms with van der Waals surface area (Å²) in [5.74, 6) is -0.225. The summed E-state index contributed by atoms with van der Waals surface area (Å²) in [7, 11) is 0. The molecule has 0 aliphatic carbocycles. The fourth-order valence-electron chi connectivity index (χ4n) is 3.28. The minimum Gasteiger partial charge on any atom is -0.506 e. The van der Waals surface area contributed by atoms with E-state index in [2.05, 4.69) is 15.6 Å². The van der Waals surface area contributed by atoms with Crippen LogP contribution in [0.5, 0.6) is 5.75 Å². The number of hydrogen-bond acceptors (Lipinski definition) is 5. The smallest absolute Gasteiger partial charge is 0.216 e. The molecular weight excluding hydrogens is 318 g/mol. The maximum Gasteiger partial charge on any atom is 0.216 e. The quantitative estimate of drug-likeness (QED) is 0.432. The van der Waals surface area contributed by atoms with E-state index in [1.807, 2.05) is 30.3 Å². The Morgan fingerprint density at radius 2 is 2.08 bits per heavy atom. The van der Waals surface area contributed by atoms with Crippen molar-refractivity contribution in [2.75, 3.05) is 11.9 Å². The van der Waals surface area contributed by atoms with E-state index in [4.69, 9.17) is 0 Å². The van der Waals surface area contributed by atoms with Crippen molar-refractivity contribution in [1.29, 1.82) is 0 Å². The van der Waals surface area contributed by atoms with Crippen LogP contribution in [-0.4, -0.2) is 27.6 Å². The SMILES string of the molecule is CC(=O)NCC(O)c1cc(O)c2nccc3c2c1Nc1ccccc1-3. The van der Waals surface area contributed by atoms with Crippen LogP contribution in [0.1, 0.15) is 18.6 Å². The molecule has 1 aromatic heterocycles. The van der Waals surface area contributed by atoms with Gasteiger partial charge in [-0.2, -0.15) is 0 Å². The molecule has 0 spiro atoms. The van der Waals surface area contributed by atoms with Crippen molar-refractivity contribution in [3.8, 4) is 16.9 Å². The van der Waals surface area contributed by atoms with Crippen molar-refractivity contribution < 1.29 is 15.0 Å². The van der Waals surface area contributed by atoms with E-state index in [0.29, 0.717) is 16.8 Å². The fraction of sp³-hybridized carbons (Fsp3) is 0.158. The molecule has 1 amide bonds. The largest absolute Gasteiger partial charge is 0.506 e. The Morgan fingerprint density at radius 1 is 1.28 bits per heavy atom. The van der Waals surface area contributed by atoms with Gasteiger partial charge in [0.05, 0.1) is 11.8 Å². The number of carbonyl (C=O) groups excluding carboxylic acids is 1. The summed E-state index contributed by atoms with van der Waals surface area (Å²) in [5.41, 5.74) is 4.56. The van der Waals surface area contributed by atoms with Crippen molar-refractivity contribution >= 4 is 28.2 Å². The maximum atomic E-state index is 11.1. The second kappa shape index (κ2) is 5.75. The molecule has 4 rings (SSSR count). The van der Waals surface area contributed by atoms with Gasteiger partial charge in [0.2, 0.25) is 5.91 Å². The van der Waals surface area contributed by atoms with Gasteiger partial charge in [-0.3, -0.25) is 9.78 Å². The molecule has 2 aromatic carbocycles. The summed E-state index contributed by atoms with van der Waals surface area (Å²) >= 11 is 0. The van der Waals surface area contributed by atoms with Crippen molar-refractivity contribution in [1.82, 2.24) is 10.3 Å². The molecule has 0 saturated carbocycles. The summed E-state index contributed by atoms with van der Waals surface area (Å²) in [5, 5.41) is 27.7. The molecule has 1 unspecified atom stereocenters. The number of carbonyl (C=O) groups is 1. The Morgan fingerprint density at radius 3 is 2.88 bits per heavy atom. The highest BCUT2D eigenvalue weighted by molar-refractivity contribution is 6.12. The van der Waals surface area contributed by atoms with Crippen LogP contribution in [0.4, 0.5) is 11.4 Å². The number of benzene rings is 2. The number of rotatable bonds is 3. The molecule has 2 heterocycles. The van der Waals surface area contributed by atoms with Crippen LogP contribution < -0.4 is 10.6 Å². The first-order valence-corrected chi connectivity index (χ1v) is 7.99. The first kappa shape index (κ1) is 15.4. The molecule has 1 aliphatic rings. The van der Waals surface area contributed by atoms with Gasteiger partial charge in [0.1, 0.15) is 11.3 Å². The lowest BCUT2D eigenvalue weighted by molar-refractivity contribution is -0.119. The first-order valence-electron chi connectivity index (χ1n) is 7.99. The normalized spacial score (nSPS) is 13.0. The molecule has 1 atom stereocenters. The van der Waals surface area contributed by atoms with Crippen molar-refractivity contribution in [2.45, 2.75) is 13.0 Å². The minimum atomic E-state index is -0.958. The van der Waals surface area contributed by atoms with Gasteiger partial charge in [-0.1, -0.05) is 18.2 Å². The van der Waals surface area contributed by atoms with Gasteiger partial charge in [-0.25, -0.2) is 0 Å². The Labute approximate surface area is 144 Å². The Hall–Kier alpha value is -3.12. The van der Waals surface area contributed by atoms with Gasteiger partial charge in [-0.05, 0) is 23.8 Å². The van der Waals surface area contributed by atoms with Crippen LogP contribution >= 0.6 is 0 Å². The molecule has 0 radical (unpaired) electrons. The molecule has 6 heteroatoms. The number of anilines is 2. The number of pyridine rings is 1. The number of nitrogens with zero attached hydrogens (tertiary/aromatic N) is 1. The third kappa shape index (κ3) is 2.47. The van der Waals surface area contributed by atoms with Crippen LogP contribution in [0.15, 0.2) is 42.6 Å². The zero-order valence-corrected chi connectivity index (χ0v) is 13.6. The summed E-state index contributed by atoms with van der Waals surface area (Å²) in [6.45, 7) is 1.46. The summed E-state index contributed by atoms with van der Waals surface area (Å²) in [4.78, 5) is 15.4. The number of para-hydroxylation sites is 1. The molecular formula is C19H17N3O3. The summed E-state index contributed by atoms with van der Waals surface area (Å²) in [6, 6.07) is 11.2. The van der Waals surface area contributed by atoms with E-state index in [-0.39, 0.29) is 18.2 Å². The van der Waals surface area contributed by atoms with Gasteiger partial charge in [0, 0.05) is 41.9 Å². The minimum absolute atomic E-state index is 0.00124. The molecule has 0 fully saturated rings. The van der Waals surface area contributed by atoms with Gasteiger partial charge >= 0.3 is 0 Å². The number of aromatic hydroxyl groups is 1. The number of nitrogens with one attached hydrogen (secondary N) is 2. The van der Waals surface area contributed by atoms with Gasteiger partial charge < -0.3 is 20.8 Å². The monoisotopic (exact) mass is 335 g/mol. The molecule has 4 N–H and O–H groups in total. The van der Waals surface area contributed by atoms with Crippen LogP contribution in [0.3, 0.4) is 0 Å². The standard InChI is InChI=1S/C19H17N3O3/c1-10(23)21-9-16(25)13-8-15(24)19-17-12(6-7-20-19)11-4-2-3-5-14(11)22-18(13)17/h2-8,16,22,24-25H,9H2,1H3,(H,21,23). The highest BCUT2D eigenvalue weighted by Gasteiger charge is 2.25. The van der Waals surface area contributed by atoms with Crippen molar-refractivity contribution in [2.24, 2.45) is 0 Å². The van der Waals surface area contributed by atoms with Crippen LogP contribution in [-0.2, 0) is 4.79 Å². The average Bonchev–Trinajstić information content (AvgIpc) is 2.62. The number of amides is 1. The van der Waals surface area contributed by atoms with E-state index >= 15 is 0 Å². The van der Waals surface area contributed by atoms with Crippen molar-refractivity contribution in [3.05, 3.63) is 48.2 Å². The molecule has 6 nitrogen and oxygen atoms in total. The van der Waals surface area contributed by atoms with Crippen LogP contribution in [0, 0.1) is 0 Å². The number of fused-ring (bicyclic) bond motifs is 2. The summed E-state index contributed by atoms with van der Waals surface area (Å²) in [6.07, 6.45) is 0.705. The number of aromatic nitrogens is 1. The number of hydrogen-bond donors (Lipinski definition) is 4. The first-order chi connectivity index (χ1) is 12.1. The molecule has 126 valence electrons. The number of aliphatic hydroxyl groups excluding tert-OH is 1. The second-order valence-corrected chi connectivity index (χ2v) is 6.07. The Kier molecular flexibility index (Phi) is 3.54. The molecule has 0 saturated heterocycles. The average molecular weight is 335 g/mol. The molecule has 0 bridgehead atoms. The number of aliphatic hydroxyl groups is 1. The third-order valence-corrected chi connectivity index (χ3v) is 4.40. The van der Waals surface area contributed by atoms with Gasteiger partial charge in [-0.15, -0.1) is 0 Å². The highest BCUT2D eigenvalue weighted by atomic mass is 16.3. The number of phenolic OH excluding ortho intramolecular Hbond substituents is 1. The lowest BCUT2D eigenvalue weighted by Gasteiger charge is -2.26. The van der Waals surface area contributed by atoms with Gasteiger partial charge in [0.25, 0.3) is 0 Å². The molecule has 3 aromatic rings. The number of phenols is 1. The zero-order chi connectivity index (χ0) is 17.6. The van der Waals surface area contributed by atoms with Gasteiger partial charge in [0.15, 0.2) is 0 Å². The van der Waals surface area contributed by atoms with E-state index in [1.165, 1.54) is 13.0 Å². The topological polar surface area (TPSA) is 94.5 Å². The maximum absolute atomic E-state index is 11.1. The fourth-order valence-corrected chi connectivity index (χ4v) is 3.28. The summed E-state index contributed by atoms with van der Waals surface area (Å²) < 4.78 is 0. The lowest BCUT2D eigenvalue weighted by atomic mass is 9.91. The van der Waals surface area contributed by atoms with Crippen LogP contribution in [0.2, 0.25) is 0 Å². The predicted octanol–water partition coefficient (Wildman–Crippen LogP) is 2.83. The lowest BCUT2D eigenvalue weighted by Crippen LogP contribution is -2.26. The highest BCUT2D eigenvalue weighted by Crippen LogP contribution is 2.47. The molecule has 1 aliphatic heterocycles. The third-order valence-electron chi connectivity index (χ3n) is 4.40. The van der Waals surface area contributed by atoms with Crippen LogP contribution in [0.25, 0.3) is 22.0 Å². The van der Waals surface area contributed by atoms with E-state index in [0.717, 1.165) is 22.2 Å². The predicted molar refractivity (Wildman–Crippen MR) is 95.8 cm³/mol.